The summed E-state index contributed by atoms with van der Waals surface area (Å²) in [6.07, 6.45) is -0.0566. The van der Waals surface area contributed by atoms with Gasteiger partial charge in [0.1, 0.15) is 11.9 Å². The predicted octanol–water partition coefficient (Wildman–Crippen LogP) is 2.70. The molecule has 1 aliphatic rings. The number of Topliss-reactive ketones (excluding diaryl/α,β-unsaturated/α-hetero) is 1. The fourth-order valence-corrected chi connectivity index (χ4v) is 2.37. The topological polar surface area (TPSA) is 44.8 Å². The van der Waals surface area contributed by atoms with Crippen molar-refractivity contribution in [3.8, 4) is 0 Å². The van der Waals surface area contributed by atoms with Crippen LogP contribution >= 0.6 is 0 Å². The van der Waals surface area contributed by atoms with Gasteiger partial charge < -0.3 is 14.2 Å². The molecular weight excluding hydrogens is 256 g/mol. The molecular formula is C16H22O4. The Hall–Kier alpha value is -1.23. The van der Waals surface area contributed by atoms with E-state index < -0.39 is 5.79 Å². The maximum Gasteiger partial charge on any atom is 0.163 e. The summed E-state index contributed by atoms with van der Waals surface area (Å²) in [5, 5.41) is 0. The molecule has 1 aliphatic heterocycles. The van der Waals surface area contributed by atoms with Crippen molar-refractivity contribution in [2.45, 2.75) is 51.8 Å². The van der Waals surface area contributed by atoms with E-state index in [0.717, 1.165) is 5.56 Å². The Morgan fingerprint density at radius 1 is 1.20 bits per heavy atom. The second-order valence-electron chi connectivity index (χ2n) is 5.62. The lowest BCUT2D eigenvalue weighted by molar-refractivity contribution is -0.152. The highest BCUT2D eigenvalue weighted by Gasteiger charge is 2.41. The molecule has 0 radical (unpaired) electrons. The molecule has 0 aromatic heterocycles. The maximum absolute atomic E-state index is 11.3. The molecule has 1 fully saturated rings. The Labute approximate surface area is 120 Å². The summed E-state index contributed by atoms with van der Waals surface area (Å²) in [7, 11) is 0. The van der Waals surface area contributed by atoms with Crippen molar-refractivity contribution in [2.24, 2.45) is 0 Å². The van der Waals surface area contributed by atoms with Gasteiger partial charge in [0.15, 0.2) is 5.79 Å². The van der Waals surface area contributed by atoms with E-state index >= 15 is 0 Å². The van der Waals surface area contributed by atoms with Gasteiger partial charge in [-0.3, -0.25) is 4.79 Å². The van der Waals surface area contributed by atoms with Crippen molar-refractivity contribution < 1.29 is 19.0 Å². The molecule has 0 amide bonds. The third-order valence-electron chi connectivity index (χ3n) is 3.17. The first-order valence-corrected chi connectivity index (χ1v) is 6.93. The van der Waals surface area contributed by atoms with E-state index in [-0.39, 0.29) is 18.0 Å². The van der Waals surface area contributed by atoms with Crippen LogP contribution in [0.2, 0.25) is 0 Å². The molecule has 1 aromatic rings. The Balaban J connectivity index is 1.85. The number of benzene rings is 1. The fraction of sp³-hybridized carbons (Fsp3) is 0.562. The van der Waals surface area contributed by atoms with Gasteiger partial charge >= 0.3 is 0 Å². The highest BCUT2D eigenvalue weighted by Crippen LogP contribution is 2.30. The van der Waals surface area contributed by atoms with E-state index in [2.05, 4.69) is 0 Å². The van der Waals surface area contributed by atoms with E-state index in [1.807, 2.05) is 44.2 Å². The van der Waals surface area contributed by atoms with Crippen LogP contribution in [0, 0.1) is 0 Å². The van der Waals surface area contributed by atoms with Gasteiger partial charge in [0.05, 0.1) is 19.3 Å². The van der Waals surface area contributed by atoms with Gasteiger partial charge in [0.25, 0.3) is 0 Å². The second-order valence-corrected chi connectivity index (χ2v) is 5.62. The Bertz CT molecular complexity index is 441. The Morgan fingerprint density at radius 2 is 1.85 bits per heavy atom. The third kappa shape index (κ3) is 4.40. The molecule has 2 atom stereocenters. The van der Waals surface area contributed by atoms with Crippen molar-refractivity contribution in [1.82, 2.24) is 0 Å². The van der Waals surface area contributed by atoms with Crippen LogP contribution in [0.15, 0.2) is 30.3 Å². The summed E-state index contributed by atoms with van der Waals surface area (Å²) >= 11 is 0. The number of hydrogen-bond acceptors (Lipinski definition) is 4. The first kappa shape index (κ1) is 15.2. The first-order valence-electron chi connectivity index (χ1n) is 6.93. The van der Waals surface area contributed by atoms with Crippen molar-refractivity contribution in [3.05, 3.63) is 35.9 Å². The zero-order chi connectivity index (χ0) is 14.6. The monoisotopic (exact) mass is 278 g/mol. The lowest BCUT2D eigenvalue weighted by Crippen LogP contribution is -2.29. The average Bonchev–Trinajstić information content (AvgIpc) is 2.64. The second kappa shape index (κ2) is 6.48. The smallest absolute Gasteiger partial charge is 0.163 e. The molecule has 0 saturated carbocycles. The Kier molecular flexibility index (Phi) is 4.91. The number of hydrogen-bond donors (Lipinski definition) is 0. The summed E-state index contributed by atoms with van der Waals surface area (Å²) in [6.45, 7) is 6.25. The van der Waals surface area contributed by atoms with Crippen LogP contribution in [0.5, 0.6) is 0 Å². The molecule has 4 heteroatoms. The third-order valence-corrected chi connectivity index (χ3v) is 3.17. The molecule has 0 bridgehead atoms. The summed E-state index contributed by atoms with van der Waals surface area (Å²) in [6, 6.07) is 9.97. The maximum atomic E-state index is 11.3. The van der Waals surface area contributed by atoms with E-state index in [4.69, 9.17) is 14.2 Å². The van der Waals surface area contributed by atoms with E-state index in [1.165, 1.54) is 0 Å². The molecule has 0 spiro atoms. The summed E-state index contributed by atoms with van der Waals surface area (Å²) in [5.74, 6) is -0.551. The van der Waals surface area contributed by atoms with Crippen LogP contribution in [-0.4, -0.2) is 30.4 Å². The number of rotatable bonds is 6. The number of ketones is 1. The molecule has 1 saturated heterocycles. The standard InChI is InChI=1S/C16H22O4/c1-12(17)9-14-15(20-16(2,3)19-14)11-18-10-13-7-5-4-6-8-13/h4-8,14-15H,9-11H2,1-3H3. The van der Waals surface area contributed by atoms with Crippen molar-refractivity contribution >= 4 is 5.78 Å². The quantitative estimate of drug-likeness (QED) is 0.802. The molecule has 1 aromatic carbocycles. The van der Waals surface area contributed by atoms with Gasteiger partial charge in [0.2, 0.25) is 0 Å². The highest BCUT2D eigenvalue weighted by molar-refractivity contribution is 5.76. The lowest BCUT2D eigenvalue weighted by Gasteiger charge is -2.16. The fourth-order valence-electron chi connectivity index (χ4n) is 2.37. The van der Waals surface area contributed by atoms with Crippen molar-refractivity contribution in [3.63, 3.8) is 0 Å². The minimum atomic E-state index is -0.652. The van der Waals surface area contributed by atoms with Crippen LogP contribution < -0.4 is 0 Å². The minimum absolute atomic E-state index is 0.101. The zero-order valence-electron chi connectivity index (χ0n) is 12.3. The van der Waals surface area contributed by atoms with Gasteiger partial charge in [-0.05, 0) is 26.3 Å². The summed E-state index contributed by atoms with van der Waals surface area (Å²) in [4.78, 5) is 11.3. The van der Waals surface area contributed by atoms with Crippen LogP contribution in [0.3, 0.4) is 0 Å². The van der Waals surface area contributed by atoms with Crippen molar-refractivity contribution in [1.29, 1.82) is 0 Å². The van der Waals surface area contributed by atoms with Crippen LogP contribution in [0.1, 0.15) is 32.8 Å². The van der Waals surface area contributed by atoms with Gasteiger partial charge in [-0.1, -0.05) is 30.3 Å². The van der Waals surface area contributed by atoms with Gasteiger partial charge in [-0.25, -0.2) is 0 Å². The van der Waals surface area contributed by atoms with Gasteiger partial charge in [0, 0.05) is 6.42 Å². The molecule has 1 heterocycles. The molecule has 2 unspecified atom stereocenters. The number of ether oxygens (including phenoxy) is 3. The molecule has 2 rings (SSSR count). The van der Waals surface area contributed by atoms with E-state index in [1.54, 1.807) is 6.92 Å². The lowest BCUT2D eigenvalue weighted by atomic mass is 10.1. The summed E-state index contributed by atoms with van der Waals surface area (Å²) in [5.41, 5.74) is 1.12. The molecule has 4 nitrogen and oxygen atoms in total. The average molecular weight is 278 g/mol. The summed E-state index contributed by atoms with van der Waals surface area (Å²) < 4.78 is 17.2. The van der Waals surface area contributed by atoms with Gasteiger partial charge in [-0.2, -0.15) is 0 Å². The zero-order valence-corrected chi connectivity index (χ0v) is 12.3. The molecule has 20 heavy (non-hydrogen) atoms. The normalized spacial score (nSPS) is 24.8. The van der Waals surface area contributed by atoms with Crippen LogP contribution in [0.25, 0.3) is 0 Å². The molecule has 0 aliphatic carbocycles. The van der Waals surface area contributed by atoms with E-state index in [0.29, 0.717) is 19.6 Å². The SMILES string of the molecule is CC(=O)CC1OC(C)(C)OC1COCc1ccccc1. The van der Waals surface area contributed by atoms with Crippen LogP contribution in [0.4, 0.5) is 0 Å². The largest absolute Gasteiger partial charge is 0.374 e. The minimum Gasteiger partial charge on any atom is -0.374 e. The first-order chi connectivity index (χ1) is 9.46. The molecule has 110 valence electrons. The molecule has 0 N–H and O–H groups in total. The number of carbonyl (C=O) groups excluding carboxylic acids is 1. The highest BCUT2D eigenvalue weighted by atomic mass is 16.8. The van der Waals surface area contributed by atoms with Crippen molar-refractivity contribution in [2.75, 3.05) is 6.61 Å². The van der Waals surface area contributed by atoms with Crippen LogP contribution in [-0.2, 0) is 25.6 Å². The van der Waals surface area contributed by atoms with Gasteiger partial charge in [-0.15, -0.1) is 0 Å². The van der Waals surface area contributed by atoms with E-state index in [9.17, 15) is 4.79 Å². The Morgan fingerprint density at radius 3 is 2.50 bits per heavy atom. The number of carbonyl (C=O) groups is 1. The predicted molar refractivity (Wildman–Crippen MR) is 75.2 cm³/mol.